The van der Waals surface area contributed by atoms with E-state index in [9.17, 15) is 8.78 Å². The maximum absolute atomic E-state index is 11.9. The first kappa shape index (κ1) is 13.6. The van der Waals surface area contributed by atoms with Crippen molar-refractivity contribution in [1.82, 2.24) is 0 Å². The van der Waals surface area contributed by atoms with Gasteiger partial charge in [0.05, 0.1) is 0 Å². The molecule has 0 saturated carbocycles. The second-order valence-electron chi connectivity index (χ2n) is 1.37. The van der Waals surface area contributed by atoms with Crippen LogP contribution in [0.25, 0.3) is 0 Å². The van der Waals surface area contributed by atoms with Crippen LogP contribution in [0, 0.1) is 24.1 Å². The van der Waals surface area contributed by atoms with Crippen molar-refractivity contribution in [3.05, 3.63) is 42.3 Å². The summed E-state index contributed by atoms with van der Waals surface area (Å²) in [6.07, 6.45) is 2.72. The van der Waals surface area contributed by atoms with E-state index in [4.69, 9.17) is 0 Å². The molecular formula is C7H5ClF2Pd. The predicted molar refractivity (Wildman–Crippen MR) is 36.4 cm³/mol. The Morgan fingerprint density at radius 1 is 1.18 bits per heavy atom. The molecule has 0 N–H and O–H groups in total. The molecule has 1 aromatic carbocycles. The van der Waals surface area contributed by atoms with Crippen LogP contribution >= 0.6 is 11.6 Å². The minimum atomic E-state index is -0.593. The molecule has 0 spiro atoms. The van der Waals surface area contributed by atoms with E-state index in [-0.39, 0.29) is 20.4 Å². The van der Waals surface area contributed by atoms with Gasteiger partial charge in [-0.3, -0.25) is 15.2 Å². The molecule has 1 rings (SSSR count). The van der Waals surface area contributed by atoms with Crippen molar-refractivity contribution in [2.24, 2.45) is 0 Å². The minimum absolute atomic E-state index is 0. The van der Waals surface area contributed by atoms with Gasteiger partial charge in [-0.05, 0) is 0 Å². The summed E-state index contributed by atoms with van der Waals surface area (Å²) < 4.78 is 23.8. The van der Waals surface area contributed by atoms with Crippen LogP contribution < -0.4 is 0 Å². The van der Waals surface area contributed by atoms with Crippen LogP contribution in [0.15, 0.2) is 18.2 Å². The fourth-order valence-corrected chi connectivity index (χ4v) is 0.416. The molecule has 0 amide bonds. The molecule has 0 bridgehead atoms. The monoisotopic (exact) mass is 268 g/mol. The summed E-state index contributed by atoms with van der Waals surface area (Å²) in [6.45, 7) is 0. The van der Waals surface area contributed by atoms with E-state index in [1.54, 1.807) is 0 Å². The topological polar surface area (TPSA) is 0 Å². The van der Waals surface area contributed by atoms with Gasteiger partial charge in [0.1, 0.15) is 0 Å². The van der Waals surface area contributed by atoms with Crippen LogP contribution in [0.4, 0.5) is 8.78 Å². The first-order valence-electron chi connectivity index (χ1n) is 2.38. The molecule has 0 unspecified atom stereocenters. The minimum Gasteiger partial charge on any atom is -0.352 e. The van der Waals surface area contributed by atoms with Crippen molar-refractivity contribution in [2.75, 3.05) is 0 Å². The van der Waals surface area contributed by atoms with Gasteiger partial charge in [-0.1, -0.05) is 0 Å². The van der Waals surface area contributed by atoms with Crippen molar-refractivity contribution in [3.8, 4) is 0 Å². The second kappa shape index (κ2) is 8.13. The van der Waals surface area contributed by atoms with Gasteiger partial charge in [0.25, 0.3) is 0 Å². The van der Waals surface area contributed by atoms with E-state index >= 15 is 0 Å². The van der Waals surface area contributed by atoms with Crippen LogP contribution in [-0.4, -0.2) is 0 Å². The Morgan fingerprint density at radius 3 is 1.73 bits per heavy atom. The smallest absolute Gasteiger partial charge is 0.352 e. The summed E-state index contributed by atoms with van der Waals surface area (Å²) in [4.78, 5) is 0. The molecule has 11 heavy (non-hydrogen) atoms. The number of hydrogen-bond acceptors (Lipinski definition) is 0. The van der Waals surface area contributed by atoms with Gasteiger partial charge in [0.15, 0.2) is 0 Å². The van der Waals surface area contributed by atoms with E-state index in [1.165, 1.54) is 0 Å². The molecule has 0 saturated heterocycles. The predicted octanol–water partition coefficient (Wildman–Crippen LogP) is 2.78. The van der Waals surface area contributed by atoms with Crippen LogP contribution in [0.2, 0.25) is 0 Å². The largest absolute Gasteiger partial charge is 2.00 e. The average Bonchev–Trinajstić information content (AvgIpc) is 1.91. The third-order valence-corrected chi connectivity index (χ3v) is 0.718. The number of rotatable bonds is 0. The third kappa shape index (κ3) is 6.43. The molecule has 0 aliphatic heterocycles. The van der Waals surface area contributed by atoms with Gasteiger partial charge in [-0.2, -0.15) is 6.07 Å². The summed E-state index contributed by atoms with van der Waals surface area (Å²) in [5.41, 5.74) is 0. The molecule has 0 aliphatic rings. The van der Waals surface area contributed by atoms with Gasteiger partial charge in [-0.15, -0.1) is 18.2 Å². The van der Waals surface area contributed by atoms with Crippen LogP contribution in [0.5, 0.6) is 0 Å². The average molecular weight is 269 g/mol. The SMILES string of the molecule is Fc1c[c-]cc(F)c1.[CH2-]Cl.[Pd+2]. The van der Waals surface area contributed by atoms with E-state index in [0.29, 0.717) is 0 Å². The van der Waals surface area contributed by atoms with Gasteiger partial charge in [-0.25, -0.2) is 0 Å². The maximum atomic E-state index is 11.9. The summed E-state index contributed by atoms with van der Waals surface area (Å²) in [5, 5.41) is 0. The van der Waals surface area contributed by atoms with Gasteiger partial charge in [0, 0.05) is 11.6 Å². The van der Waals surface area contributed by atoms with E-state index in [1.807, 2.05) is 0 Å². The zero-order valence-corrected chi connectivity index (χ0v) is 7.70. The van der Waals surface area contributed by atoms with Crippen molar-refractivity contribution in [3.63, 3.8) is 0 Å². The standard InChI is InChI=1S/C6H3F2.CH2Cl.Pd/c7-5-2-1-3-6(8)4-5;1-2;/h2-4H;1H2;/q2*-1;+2. The Bertz CT molecular complexity index is 176. The first-order valence-corrected chi connectivity index (χ1v) is 2.91. The molecule has 64 valence electrons. The van der Waals surface area contributed by atoms with Crippen LogP contribution in [0.3, 0.4) is 0 Å². The third-order valence-electron chi connectivity index (χ3n) is 0.718. The fraction of sp³-hybridized carbons (Fsp3) is 0. The zero-order chi connectivity index (χ0) is 7.98. The Hall–Kier alpha value is 0.0323. The van der Waals surface area contributed by atoms with Gasteiger partial charge < -0.3 is 11.6 Å². The normalized spacial score (nSPS) is 7.27. The van der Waals surface area contributed by atoms with Crippen molar-refractivity contribution < 1.29 is 29.2 Å². The summed E-state index contributed by atoms with van der Waals surface area (Å²) >= 11 is 4.39. The summed E-state index contributed by atoms with van der Waals surface area (Å²) in [7, 11) is 0. The molecule has 0 aliphatic carbocycles. The molecule has 0 atom stereocenters. The quantitative estimate of drug-likeness (QED) is 0.502. The molecule has 4 heteroatoms. The first-order chi connectivity index (χ1) is 4.79. The number of benzene rings is 1. The summed E-state index contributed by atoms with van der Waals surface area (Å²) in [5.74, 6) is -1.19. The Balaban J connectivity index is 0. The molecule has 1 aromatic rings. The van der Waals surface area contributed by atoms with Gasteiger partial charge in [0.2, 0.25) is 0 Å². The maximum Gasteiger partial charge on any atom is 2.00 e. The molecule has 0 aromatic heterocycles. The van der Waals surface area contributed by atoms with Crippen molar-refractivity contribution in [2.45, 2.75) is 0 Å². The van der Waals surface area contributed by atoms with E-state index in [2.05, 4.69) is 24.1 Å². The second-order valence-corrected chi connectivity index (χ2v) is 1.37. The van der Waals surface area contributed by atoms with Crippen molar-refractivity contribution >= 4 is 11.6 Å². The molecular weight excluding hydrogens is 264 g/mol. The molecule has 0 heterocycles. The van der Waals surface area contributed by atoms with Gasteiger partial charge >= 0.3 is 20.4 Å². The van der Waals surface area contributed by atoms with E-state index < -0.39 is 11.6 Å². The van der Waals surface area contributed by atoms with Crippen LogP contribution in [0.1, 0.15) is 0 Å². The summed E-state index contributed by atoms with van der Waals surface area (Å²) in [6, 6.07) is 5.23. The Kier molecular flexibility index (Phi) is 10.1. The van der Waals surface area contributed by atoms with Crippen molar-refractivity contribution in [1.29, 1.82) is 0 Å². The zero-order valence-electron chi connectivity index (χ0n) is 5.39. The van der Waals surface area contributed by atoms with Crippen LogP contribution in [-0.2, 0) is 20.4 Å². The number of hydrogen-bond donors (Lipinski definition) is 0. The molecule has 0 fully saturated rings. The fourth-order valence-electron chi connectivity index (χ4n) is 0.416. The molecule has 0 nitrogen and oxygen atoms in total. The van der Waals surface area contributed by atoms with E-state index in [0.717, 1.165) is 18.2 Å². The number of halogens is 3. The Morgan fingerprint density at radius 2 is 1.55 bits per heavy atom. The molecule has 0 radical (unpaired) electrons. The Labute approximate surface area is 83.2 Å².